The van der Waals surface area contributed by atoms with E-state index >= 15 is 0 Å². The first-order valence-corrected chi connectivity index (χ1v) is 11.8. The zero-order valence-corrected chi connectivity index (χ0v) is 20.3. The van der Waals surface area contributed by atoms with Gasteiger partial charge in [-0.25, -0.2) is 4.98 Å². The van der Waals surface area contributed by atoms with Crippen molar-refractivity contribution in [2.24, 2.45) is 7.05 Å². The normalized spacial score (nSPS) is 15.3. The maximum Gasteiger partial charge on any atom is 0.265 e. The number of benzene rings is 2. The number of aryl methyl sites for hydroxylation is 2. The zero-order valence-electron chi connectivity index (χ0n) is 19.5. The molecule has 1 atom stereocenters. The van der Waals surface area contributed by atoms with Crippen LogP contribution in [0.5, 0.6) is 11.5 Å². The monoisotopic (exact) mass is 475 g/mol. The summed E-state index contributed by atoms with van der Waals surface area (Å²) in [6.45, 7) is 2.37. The number of hydrogen-bond donors (Lipinski definition) is 0. The van der Waals surface area contributed by atoms with Crippen LogP contribution in [0.4, 0.5) is 0 Å². The first-order chi connectivity index (χ1) is 16.4. The smallest absolute Gasteiger partial charge is 0.265 e. The first kappa shape index (κ1) is 22.2. The third-order valence-electron chi connectivity index (χ3n) is 6.45. The summed E-state index contributed by atoms with van der Waals surface area (Å²) in [6, 6.07) is 13.7. The molecule has 0 spiro atoms. The van der Waals surface area contributed by atoms with E-state index in [4.69, 9.17) is 9.47 Å². The lowest BCUT2D eigenvalue weighted by Crippen LogP contribution is -2.40. The van der Waals surface area contributed by atoms with Gasteiger partial charge in [-0.1, -0.05) is 30.3 Å². The van der Waals surface area contributed by atoms with E-state index in [1.165, 1.54) is 22.2 Å². The predicted molar refractivity (Wildman–Crippen MR) is 132 cm³/mol. The number of methoxy groups -OCH3 is 2. The summed E-state index contributed by atoms with van der Waals surface area (Å²) < 4.78 is 12.5. The van der Waals surface area contributed by atoms with Gasteiger partial charge in [0.1, 0.15) is 4.83 Å². The largest absolute Gasteiger partial charge is 0.493 e. The molecule has 3 heterocycles. The summed E-state index contributed by atoms with van der Waals surface area (Å²) in [5.74, 6) is 1.20. The number of rotatable bonds is 4. The zero-order chi connectivity index (χ0) is 24.0. The van der Waals surface area contributed by atoms with E-state index in [1.54, 1.807) is 21.3 Å². The average molecular weight is 476 g/mol. The van der Waals surface area contributed by atoms with E-state index in [9.17, 15) is 9.59 Å². The van der Waals surface area contributed by atoms with E-state index < -0.39 is 0 Å². The lowest BCUT2D eigenvalue weighted by Gasteiger charge is -2.38. The number of ether oxygens (including phenoxy) is 2. The molecule has 5 rings (SSSR count). The van der Waals surface area contributed by atoms with Crippen molar-refractivity contribution in [1.29, 1.82) is 0 Å². The predicted octanol–water partition coefficient (Wildman–Crippen LogP) is 4.11. The number of nitrogens with zero attached hydrogens (tertiary/aromatic N) is 3. The lowest BCUT2D eigenvalue weighted by molar-refractivity contribution is 0.0698. The van der Waals surface area contributed by atoms with Crippen molar-refractivity contribution in [3.05, 3.63) is 86.3 Å². The van der Waals surface area contributed by atoms with Crippen LogP contribution in [0.25, 0.3) is 10.2 Å². The molecule has 2 aromatic heterocycles. The summed E-state index contributed by atoms with van der Waals surface area (Å²) >= 11 is 1.28. The van der Waals surface area contributed by atoms with Crippen molar-refractivity contribution < 1.29 is 14.3 Å². The molecule has 0 fully saturated rings. The minimum Gasteiger partial charge on any atom is -0.493 e. The van der Waals surface area contributed by atoms with Gasteiger partial charge in [-0.2, -0.15) is 0 Å². The molecular formula is C26H25N3O4S. The van der Waals surface area contributed by atoms with Crippen LogP contribution in [-0.2, 0) is 13.5 Å². The molecule has 0 radical (unpaired) electrons. The number of thiophene rings is 1. The maximum atomic E-state index is 14.0. The van der Waals surface area contributed by atoms with E-state index in [2.05, 4.69) is 4.98 Å². The quantitative estimate of drug-likeness (QED) is 0.444. The van der Waals surface area contributed by atoms with E-state index in [-0.39, 0.29) is 17.5 Å². The van der Waals surface area contributed by atoms with Gasteiger partial charge in [0.15, 0.2) is 11.5 Å². The van der Waals surface area contributed by atoms with E-state index in [0.717, 1.165) is 16.7 Å². The molecule has 1 aliphatic rings. The van der Waals surface area contributed by atoms with Gasteiger partial charge in [-0.3, -0.25) is 9.59 Å². The highest BCUT2D eigenvalue weighted by Gasteiger charge is 2.35. The minimum absolute atomic E-state index is 0.100. The summed E-state index contributed by atoms with van der Waals surface area (Å²) in [6.07, 6.45) is 2.19. The fourth-order valence-corrected chi connectivity index (χ4v) is 5.80. The van der Waals surface area contributed by atoms with Crippen LogP contribution in [0.3, 0.4) is 0 Å². The minimum atomic E-state index is -0.294. The molecule has 0 bridgehead atoms. The number of aromatic nitrogens is 2. The Labute approximate surface area is 201 Å². The maximum absolute atomic E-state index is 14.0. The van der Waals surface area contributed by atoms with Crippen LogP contribution in [0.1, 0.15) is 38.0 Å². The molecule has 4 aromatic rings. The lowest BCUT2D eigenvalue weighted by atomic mass is 9.87. The van der Waals surface area contributed by atoms with Crippen molar-refractivity contribution in [3.63, 3.8) is 0 Å². The molecule has 174 valence electrons. The highest BCUT2D eigenvalue weighted by Crippen LogP contribution is 2.42. The van der Waals surface area contributed by atoms with Gasteiger partial charge >= 0.3 is 0 Å². The number of fused-ring (bicyclic) bond motifs is 2. The molecule has 0 saturated heterocycles. The fraction of sp³-hybridized carbons (Fsp3) is 0.269. The van der Waals surface area contributed by atoms with Gasteiger partial charge in [0, 0.05) is 13.6 Å². The van der Waals surface area contributed by atoms with Gasteiger partial charge in [0.2, 0.25) is 0 Å². The molecule has 0 N–H and O–H groups in total. The van der Waals surface area contributed by atoms with Gasteiger partial charge in [0.05, 0.1) is 36.9 Å². The molecule has 1 amide bonds. The number of carbonyl (C=O) groups excluding carboxylic acids is 1. The molecule has 0 aliphatic carbocycles. The van der Waals surface area contributed by atoms with Crippen LogP contribution in [0, 0.1) is 6.92 Å². The number of amides is 1. The van der Waals surface area contributed by atoms with E-state index in [0.29, 0.717) is 45.1 Å². The molecule has 1 unspecified atom stereocenters. The number of hydrogen-bond acceptors (Lipinski definition) is 6. The average Bonchev–Trinajstić information content (AvgIpc) is 3.21. The molecule has 1 aliphatic heterocycles. The highest BCUT2D eigenvalue weighted by molar-refractivity contribution is 7.20. The Bertz CT molecular complexity index is 1460. The Morgan fingerprint density at radius 1 is 1.12 bits per heavy atom. The van der Waals surface area contributed by atoms with E-state index in [1.807, 2.05) is 54.3 Å². The number of carbonyl (C=O) groups is 1. The first-order valence-electron chi connectivity index (χ1n) is 11.0. The Hall–Kier alpha value is -3.65. The van der Waals surface area contributed by atoms with Gasteiger partial charge in [-0.15, -0.1) is 11.3 Å². The molecule has 0 saturated carbocycles. The summed E-state index contributed by atoms with van der Waals surface area (Å²) in [5, 5.41) is 0.512. The standard InChI is InChI=1S/C26H25N3O4S/c1-15-21-24(27-14-28(2)25(21)30)34-23(15)26(31)29-11-10-17-12-19(32-3)20(33-4)13-18(17)22(29)16-8-6-5-7-9-16/h5-9,12-14,22H,10-11H2,1-4H3. The molecule has 2 aromatic carbocycles. The van der Waals surface area contributed by atoms with Crippen LogP contribution in [-0.4, -0.2) is 41.1 Å². The van der Waals surface area contributed by atoms with Crippen molar-refractivity contribution in [2.75, 3.05) is 20.8 Å². The molecule has 7 nitrogen and oxygen atoms in total. The summed E-state index contributed by atoms with van der Waals surface area (Å²) in [7, 11) is 4.91. The van der Waals surface area contributed by atoms with Crippen LogP contribution in [0.2, 0.25) is 0 Å². The third-order valence-corrected chi connectivity index (χ3v) is 7.64. The van der Waals surface area contributed by atoms with Crippen LogP contribution in [0.15, 0.2) is 53.6 Å². The SMILES string of the molecule is COc1cc2c(cc1OC)C(c1ccccc1)N(C(=O)c1sc3ncn(C)c(=O)c3c1C)CC2. The third kappa shape index (κ3) is 3.45. The Morgan fingerprint density at radius 2 is 1.82 bits per heavy atom. The molecule has 8 heteroatoms. The topological polar surface area (TPSA) is 73.7 Å². The van der Waals surface area contributed by atoms with Crippen molar-refractivity contribution in [2.45, 2.75) is 19.4 Å². The van der Waals surface area contributed by atoms with Crippen molar-refractivity contribution in [3.8, 4) is 11.5 Å². The van der Waals surface area contributed by atoms with Crippen molar-refractivity contribution >= 4 is 27.5 Å². The second-order valence-corrected chi connectivity index (χ2v) is 9.36. The van der Waals surface area contributed by atoms with Gasteiger partial charge in [-0.05, 0) is 47.7 Å². The van der Waals surface area contributed by atoms with Crippen LogP contribution >= 0.6 is 11.3 Å². The fourth-order valence-electron chi connectivity index (χ4n) is 4.70. The highest BCUT2D eigenvalue weighted by atomic mass is 32.1. The summed E-state index contributed by atoms with van der Waals surface area (Å²) in [4.78, 5) is 34.1. The molecular weight excluding hydrogens is 450 g/mol. The molecule has 34 heavy (non-hydrogen) atoms. The van der Waals surface area contributed by atoms with Crippen LogP contribution < -0.4 is 15.0 Å². The Kier molecular flexibility index (Phi) is 5.61. The Morgan fingerprint density at radius 3 is 2.53 bits per heavy atom. The Balaban J connectivity index is 1.66. The van der Waals surface area contributed by atoms with Gasteiger partial charge in [0.25, 0.3) is 11.5 Å². The van der Waals surface area contributed by atoms with Gasteiger partial charge < -0.3 is 18.9 Å². The second kappa shape index (κ2) is 8.61. The second-order valence-electron chi connectivity index (χ2n) is 8.36. The van der Waals surface area contributed by atoms with Crippen molar-refractivity contribution in [1.82, 2.24) is 14.5 Å². The summed E-state index contributed by atoms with van der Waals surface area (Å²) in [5.41, 5.74) is 3.69.